The number of hydrogen-bond acceptors (Lipinski definition) is 4. The molecule has 0 saturated heterocycles. The van der Waals surface area contributed by atoms with E-state index in [1.165, 1.54) is 29.7 Å². The van der Waals surface area contributed by atoms with Crippen molar-refractivity contribution in [1.82, 2.24) is 4.90 Å². The summed E-state index contributed by atoms with van der Waals surface area (Å²) in [7, 11) is 0. The zero-order valence-corrected chi connectivity index (χ0v) is 14.8. The highest BCUT2D eigenvalue weighted by Crippen LogP contribution is 2.38. The summed E-state index contributed by atoms with van der Waals surface area (Å²) in [5.41, 5.74) is 1.72. The predicted octanol–water partition coefficient (Wildman–Crippen LogP) is 3.05. The summed E-state index contributed by atoms with van der Waals surface area (Å²) in [5, 5.41) is 2.85. The van der Waals surface area contributed by atoms with Gasteiger partial charge < -0.3 is 5.32 Å². The van der Waals surface area contributed by atoms with Crippen LogP contribution >= 0.6 is 11.8 Å². The number of carbonyl (C=O) groups excluding carboxylic acids is 3. The summed E-state index contributed by atoms with van der Waals surface area (Å²) in [6, 6.07) is 6.92. The van der Waals surface area contributed by atoms with Crippen molar-refractivity contribution in [2.45, 2.75) is 26.0 Å². The molecule has 126 valence electrons. The minimum absolute atomic E-state index is 0.165. The lowest BCUT2D eigenvalue weighted by Gasteiger charge is -2.12. The van der Waals surface area contributed by atoms with Gasteiger partial charge in [-0.2, -0.15) is 0 Å². The average molecular weight is 344 g/mol. The minimum Gasteiger partial charge on any atom is -0.326 e. The molecular formula is C18H20N2O3S. The Labute approximate surface area is 145 Å². The molecule has 0 spiro atoms. The number of anilines is 1. The van der Waals surface area contributed by atoms with Gasteiger partial charge in [0.05, 0.1) is 10.5 Å². The van der Waals surface area contributed by atoms with Gasteiger partial charge in [0.1, 0.15) is 0 Å². The Hall–Kier alpha value is -2.34. The molecule has 0 saturated carbocycles. The average Bonchev–Trinajstić information content (AvgIpc) is 2.72. The number of nitrogens with zero attached hydrogens (tertiary/aromatic N) is 1. The Bertz CT molecular complexity index is 720. The zero-order valence-electron chi connectivity index (χ0n) is 14.0. The molecule has 2 rings (SSSR count). The fourth-order valence-electron chi connectivity index (χ4n) is 2.37. The highest BCUT2D eigenvalue weighted by Gasteiger charge is 2.38. The summed E-state index contributed by atoms with van der Waals surface area (Å²) in [4.78, 5) is 38.0. The number of nitrogens with one attached hydrogen (secondary N) is 1. The third kappa shape index (κ3) is 3.76. The topological polar surface area (TPSA) is 66.5 Å². The van der Waals surface area contributed by atoms with Gasteiger partial charge in [-0.25, -0.2) is 0 Å². The van der Waals surface area contributed by atoms with Gasteiger partial charge in [-0.05, 0) is 17.7 Å². The maximum absolute atomic E-state index is 12.7. The Morgan fingerprint density at radius 2 is 1.88 bits per heavy atom. The third-order valence-electron chi connectivity index (χ3n) is 3.28. The molecule has 1 N–H and O–H groups in total. The van der Waals surface area contributed by atoms with Crippen LogP contribution in [0.5, 0.6) is 0 Å². The maximum Gasteiger partial charge on any atom is 0.268 e. The Morgan fingerprint density at radius 3 is 2.38 bits per heavy atom. The van der Waals surface area contributed by atoms with E-state index in [-0.39, 0.29) is 29.5 Å². The monoisotopic (exact) mass is 344 g/mol. The summed E-state index contributed by atoms with van der Waals surface area (Å²) in [6.45, 7) is 9.17. The molecule has 0 radical (unpaired) electrons. The first kappa shape index (κ1) is 18.0. The highest BCUT2D eigenvalue weighted by atomic mass is 32.2. The van der Waals surface area contributed by atoms with Crippen molar-refractivity contribution < 1.29 is 14.4 Å². The van der Waals surface area contributed by atoms with Crippen molar-refractivity contribution in [2.24, 2.45) is 0 Å². The standard InChI is InChI=1S/C18H20N2O3S/c1-5-10-20-17(22)15(16(18(20)23)24-11(2)3)13-6-8-14(9-7-13)19-12(4)21/h5-9,11H,1,10H2,2-4H3,(H,19,21). The largest absolute Gasteiger partial charge is 0.326 e. The third-order valence-corrected chi connectivity index (χ3v) is 4.37. The van der Waals surface area contributed by atoms with Crippen molar-refractivity contribution in [3.8, 4) is 0 Å². The molecule has 1 aromatic carbocycles. The van der Waals surface area contributed by atoms with Crippen LogP contribution in [0.25, 0.3) is 5.57 Å². The Morgan fingerprint density at radius 1 is 1.25 bits per heavy atom. The van der Waals surface area contributed by atoms with Gasteiger partial charge in [-0.1, -0.05) is 32.1 Å². The second kappa shape index (κ2) is 7.49. The molecule has 5 nitrogen and oxygen atoms in total. The van der Waals surface area contributed by atoms with E-state index in [1.54, 1.807) is 24.3 Å². The van der Waals surface area contributed by atoms with Gasteiger partial charge in [-0.15, -0.1) is 18.3 Å². The van der Waals surface area contributed by atoms with Gasteiger partial charge >= 0.3 is 0 Å². The first-order chi connectivity index (χ1) is 11.3. The lowest BCUT2D eigenvalue weighted by Crippen LogP contribution is -2.31. The normalized spacial score (nSPS) is 14.6. The molecule has 1 aliphatic heterocycles. The van der Waals surface area contributed by atoms with Crippen molar-refractivity contribution in [1.29, 1.82) is 0 Å². The summed E-state index contributed by atoms with van der Waals surface area (Å²) in [6.07, 6.45) is 1.54. The van der Waals surface area contributed by atoms with Crippen LogP contribution < -0.4 is 5.32 Å². The highest BCUT2D eigenvalue weighted by molar-refractivity contribution is 8.04. The SMILES string of the molecule is C=CCN1C(=O)C(SC(C)C)=C(c2ccc(NC(C)=O)cc2)C1=O. The molecule has 0 atom stereocenters. The fraction of sp³-hybridized carbons (Fsp3) is 0.278. The second-order valence-electron chi connectivity index (χ2n) is 5.64. The molecule has 6 heteroatoms. The van der Waals surface area contributed by atoms with Crippen LogP contribution in [0.3, 0.4) is 0 Å². The number of benzene rings is 1. The first-order valence-corrected chi connectivity index (χ1v) is 8.49. The van der Waals surface area contributed by atoms with Gasteiger partial charge in [0.25, 0.3) is 11.8 Å². The molecule has 3 amide bonds. The van der Waals surface area contributed by atoms with Gasteiger partial charge in [0.15, 0.2) is 0 Å². The lowest BCUT2D eigenvalue weighted by atomic mass is 10.1. The summed E-state index contributed by atoms with van der Waals surface area (Å²) >= 11 is 1.38. The number of imide groups is 1. The first-order valence-electron chi connectivity index (χ1n) is 7.61. The van der Waals surface area contributed by atoms with Crippen molar-refractivity contribution in [2.75, 3.05) is 11.9 Å². The minimum atomic E-state index is -0.310. The van der Waals surface area contributed by atoms with Gasteiger partial charge in [-0.3, -0.25) is 19.3 Å². The smallest absolute Gasteiger partial charge is 0.268 e. The number of rotatable bonds is 6. The molecule has 0 bridgehead atoms. The van der Waals surface area contributed by atoms with Crippen LogP contribution in [-0.2, 0) is 14.4 Å². The van der Waals surface area contributed by atoms with Crippen LogP contribution in [0.2, 0.25) is 0 Å². The second-order valence-corrected chi connectivity index (χ2v) is 7.23. The molecule has 0 aliphatic carbocycles. The summed E-state index contributed by atoms with van der Waals surface area (Å²) in [5.74, 6) is -0.753. The van der Waals surface area contributed by atoms with Crippen molar-refractivity contribution in [3.05, 3.63) is 47.4 Å². The Kier molecular flexibility index (Phi) is 5.62. The van der Waals surface area contributed by atoms with Crippen LogP contribution in [0, 0.1) is 0 Å². The van der Waals surface area contributed by atoms with Crippen molar-refractivity contribution in [3.63, 3.8) is 0 Å². The van der Waals surface area contributed by atoms with Gasteiger partial charge in [0.2, 0.25) is 5.91 Å². The van der Waals surface area contributed by atoms with E-state index >= 15 is 0 Å². The fourth-order valence-corrected chi connectivity index (χ4v) is 3.38. The number of hydrogen-bond donors (Lipinski definition) is 1. The quantitative estimate of drug-likeness (QED) is 0.636. The molecule has 0 unspecified atom stereocenters. The van der Waals surface area contributed by atoms with E-state index < -0.39 is 0 Å². The van der Waals surface area contributed by atoms with Crippen LogP contribution in [0.15, 0.2) is 41.8 Å². The predicted molar refractivity (Wildman–Crippen MR) is 97.3 cm³/mol. The molecule has 24 heavy (non-hydrogen) atoms. The maximum atomic E-state index is 12.7. The van der Waals surface area contributed by atoms with E-state index in [4.69, 9.17) is 0 Å². The number of amides is 3. The zero-order chi connectivity index (χ0) is 17.9. The van der Waals surface area contributed by atoms with E-state index in [0.29, 0.717) is 21.7 Å². The van der Waals surface area contributed by atoms with Crippen LogP contribution in [0.1, 0.15) is 26.3 Å². The lowest BCUT2D eigenvalue weighted by molar-refractivity contribution is -0.135. The molecule has 0 aromatic heterocycles. The molecular weight excluding hydrogens is 324 g/mol. The molecule has 1 aliphatic rings. The van der Waals surface area contributed by atoms with Gasteiger partial charge in [0, 0.05) is 24.4 Å². The number of thioether (sulfide) groups is 1. The summed E-state index contributed by atoms with van der Waals surface area (Å²) < 4.78 is 0. The number of carbonyl (C=O) groups is 3. The molecule has 1 aromatic rings. The van der Waals surface area contributed by atoms with E-state index in [1.807, 2.05) is 13.8 Å². The van der Waals surface area contributed by atoms with E-state index in [0.717, 1.165) is 0 Å². The Balaban J connectivity index is 2.43. The van der Waals surface area contributed by atoms with E-state index in [9.17, 15) is 14.4 Å². The van der Waals surface area contributed by atoms with E-state index in [2.05, 4.69) is 11.9 Å². The molecule has 0 fully saturated rings. The van der Waals surface area contributed by atoms with Crippen LogP contribution in [-0.4, -0.2) is 34.4 Å². The molecule has 1 heterocycles. The van der Waals surface area contributed by atoms with Crippen molar-refractivity contribution >= 4 is 40.7 Å². The van der Waals surface area contributed by atoms with Crippen LogP contribution in [0.4, 0.5) is 5.69 Å².